The van der Waals surface area contributed by atoms with E-state index in [1.54, 1.807) is 11.3 Å². The number of carbonyl (C=O) groups is 1. The van der Waals surface area contributed by atoms with E-state index in [4.69, 9.17) is 0 Å². The third-order valence-electron chi connectivity index (χ3n) is 3.28. The van der Waals surface area contributed by atoms with Crippen molar-refractivity contribution in [2.24, 2.45) is 0 Å². The highest BCUT2D eigenvalue weighted by Crippen LogP contribution is 2.28. The molecule has 22 heavy (non-hydrogen) atoms. The van der Waals surface area contributed by atoms with E-state index in [2.05, 4.69) is 28.8 Å². The Balaban J connectivity index is 1.79. The van der Waals surface area contributed by atoms with Gasteiger partial charge in [-0.3, -0.25) is 4.79 Å². The summed E-state index contributed by atoms with van der Waals surface area (Å²) in [5.74, 6) is 0.302. The van der Waals surface area contributed by atoms with Crippen LogP contribution in [0.1, 0.15) is 35.0 Å². The Hall–Kier alpha value is -2.05. The molecule has 2 heterocycles. The molecule has 0 bridgehead atoms. The van der Waals surface area contributed by atoms with Crippen molar-refractivity contribution in [3.63, 3.8) is 0 Å². The highest BCUT2D eigenvalue weighted by Gasteiger charge is 2.18. The van der Waals surface area contributed by atoms with Crippen LogP contribution in [0.4, 0.5) is 5.69 Å². The lowest BCUT2D eigenvalue weighted by Gasteiger charge is -2.08. The quantitative estimate of drug-likeness (QED) is 0.758. The van der Waals surface area contributed by atoms with Gasteiger partial charge in [-0.15, -0.1) is 16.4 Å². The molecule has 4 nitrogen and oxygen atoms in total. The summed E-state index contributed by atoms with van der Waals surface area (Å²) in [7, 11) is 0. The predicted molar refractivity (Wildman–Crippen MR) is 91.7 cm³/mol. The van der Waals surface area contributed by atoms with Crippen molar-refractivity contribution in [2.45, 2.75) is 19.8 Å². The van der Waals surface area contributed by atoms with Gasteiger partial charge in [0.2, 0.25) is 0 Å². The maximum absolute atomic E-state index is 12.4. The second-order valence-corrected chi connectivity index (χ2v) is 6.86. The van der Waals surface area contributed by atoms with E-state index in [1.165, 1.54) is 5.56 Å². The fourth-order valence-electron chi connectivity index (χ4n) is 2.05. The number of thiophene rings is 1. The summed E-state index contributed by atoms with van der Waals surface area (Å²) in [6, 6.07) is 11.8. The van der Waals surface area contributed by atoms with Gasteiger partial charge in [-0.05, 0) is 46.6 Å². The average molecular weight is 329 g/mol. The number of nitrogens with one attached hydrogen (secondary N) is 1. The molecule has 0 radical (unpaired) electrons. The molecule has 0 saturated heterocycles. The van der Waals surface area contributed by atoms with Crippen LogP contribution in [0, 0.1) is 0 Å². The molecule has 0 atom stereocenters. The Labute approximate surface area is 137 Å². The lowest BCUT2D eigenvalue weighted by atomic mass is 10.0. The number of hydrogen-bond acceptors (Lipinski definition) is 5. The molecule has 0 unspecified atom stereocenters. The van der Waals surface area contributed by atoms with Crippen LogP contribution in [-0.2, 0) is 0 Å². The highest BCUT2D eigenvalue weighted by molar-refractivity contribution is 7.14. The number of aromatic nitrogens is 2. The maximum atomic E-state index is 12.4. The molecule has 3 aromatic rings. The molecule has 1 amide bonds. The molecule has 112 valence electrons. The smallest absolute Gasteiger partial charge is 0.269 e. The molecule has 0 fully saturated rings. The van der Waals surface area contributed by atoms with Crippen molar-refractivity contribution >= 4 is 34.5 Å². The fourth-order valence-corrected chi connectivity index (χ4v) is 3.41. The third kappa shape index (κ3) is 3.08. The first kappa shape index (κ1) is 14.9. The van der Waals surface area contributed by atoms with E-state index in [9.17, 15) is 4.79 Å². The summed E-state index contributed by atoms with van der Waals surface area (Å²) in [6.07, 6.45) is 0. The van der Waals surface area contributed by atoms with Gasteiger partial charge in [-0.1, -0.05) is 36.5 Å². The van der Waals surface area contributed by atoms with Crippen molar-refractivity contribution in [3.8, 4) is 10.6 Å². The molecule has 1 aromatic carbocycles. The second-order valence-electron chi connectivity index (χ2n) is 5.16. The minimum atomic E-state index is -0.171. The molecule has 6 heteroatoms. The Bertz CT molecular complexity index is 761. The van der Waals surface area contributed by atoms with Crippen LogP contribution in [0.15, 0.2) is 41.8 Å². The minimum absolute atomic E-state index is 0.171. The first-order valence-electron chi connectivity index (χ1n) is 6.92. The lowest BCUT2D eigenvalue weighted by Crippen LogP contribution is -2.11. The molecule has 3 rings (SSSR count). The molecular weight excluding hydrogens is 314 g/mol. The van der Waals surface area contributed by atoms with E-state index in [0.717, 1.165) is 22.1 Å². The Morgan fingerprint density at radius 3 is 2.59 bits per heavy atom. The summed E-state index contributed by atoms with van der Waals surface area (Å²) in [5.41, 5.74) is 2.67. The molecule has 1 N–H and O–H groups in total. The van der Waals surface area contributed by atoms with Gasteiger partial charge in [0.15, 0.2) is 0 Å². The molecule has 0 aliphatic heterocycles. The van der Waals surface area contributed by atoms with Crippen LogP contribution in [0.3, 0.4) is 0 Å². The molecule has 0 spiro atoms. The first-order valence-corrected chi connectivity index (χ1v) is 8.58. The van der Waals surface area contributed by atoms with E-state index in [-0.39, 0.29) is 5.91 Å². The highest BCUT2D eigenvalue weighted by atomic mass is 32.1. The van der Waals surface area contributed by atoms with Crippen LogP contribution in [0.2, 0.25) is 0 Å². The number of carbonyl (C=O) groups excluding carboxylic acids is 1. The Morgan fingerprint density at radius 2 is 1.95 bits per heavy atom. The first-order chi connectivity index (χ1) is 10.6. The number of hydrogen-bond donors (Lipinski definition) is 1. The zero-order chi connectivity index (χ0) is 15.5. The summed E-state index contributed by atoms with van der Waals surface area (Å²) < 4.78 is 3.92. The Morgan fingerprint density at radius 1 is 1.18 bits per heavy atom. The van der Waals surface area contributed by atoms with Gasteiger partial charge in [0.25, 0.3) is 5.91 Å². The van der Waals surface area contributed by atoms with Gasteiger partial charge in [-0.25, -0.2) is 0 Å². The topological polar surface area (TPSA) is 54.9 Å². The monoisotopic (exact) mass is 329 g/mol. The average Bonchev–Trinajstić information content (AvgIpc) is 3.18. The summed E-state index contributed by atoms with van der Waals surface area (Å²) in [4.78, 5) is 13.9. The number of benzene rings is 1. The van der Waals surface area contributed by atoms with Gasteiger partial charge in [0, 0.05) is 5.69 Å². The molecule has 0 aliphatic rings. The van der Waals surface area contributed by atoms with Crippen molar-refractivity contribution in [3.05, 3.63) is 52.2 Å². The molecule has 2 aromatic heterocycles. The zero-order valence-electron chi connectivity index (χ0n) is 12.2. The predicted octanol–water partition coefficient (Wildman–Crippen LogP) is 4.64. The summed E-state index contributed by atoms with van der Waals surface area (Å²) >= 11 is 2.66. The molecular formula is C16H15N3OS2. The molecule has 0 aliphatic carbocycles. The minimum Gasteiger partial charge on any atom is -0.321 e. The van der Waals surface area contributed by atoms with Crippen molar-refractivity contribution in [1.29, 1.82) is 0 Å². The number of rotatable bonds is 4. The largest absolute Gasteiger partial charge is 0.321 e. The van der Waals surface area contributed by atoms with Gasteiger partial charge in [0.1, 0.15) is 10.6 Å². The van der Waals surface area contributed by atoms with Crippen LogP contribution in [-0.4, -0.2) is 15.5 Å². The van der Waals surface area contributed by atoms with Crippen LogP contribution in [0.5, 0.6) is 0 Å². The lowest BCUT2D eigenvalue weighted by molar-refractivity contribution is 0.103. The van der Waals surface area contributed by atoms with Crippen molar-refractivity contribution in [2.75, 3.05) is 5.32 Å². The van der Waals surface area contributed by atoms with Gasteiger partial charge in [-0.2, -0.15) is 0 Å². The normalized spacial score (nSPS) is 10.9. The SMILES string of the molecule is CC(C)c1ccc(NC(=O)c2snnc2-c2cccs2)cc1. The van der Waals surface area contributed by atoms with E-state index >= 15 is 0 Å². The van der Waals surface area contributed by atoms with Crippen LogP contribution in [0.25, 0.3) is 10.6 Å². The maximum Gasteiger partial charge on any atom is 0.269 e. The zero-order valence-corrected chi connectivity index (χ0v) is 13.9. The van der Waals surface area contributed by atoms with E-state index in [1.807, 2.05) is 41.8 Å². The van der Waals surface area contributed by atoms with E-state index in [0.29, 0.717) is 16.5 Å². The van der Waals surface area contributed by atoms with Crippen molar-refractivity contribution < 1.29 is 4.79 Å². The Kier molecular flexibility index (Phi) is 4.31. The van der Waals surface area contributed by atoms with Crippen LogP contribution < -0.4 is 5.32 Å². The number of nitrogens with zero attached hydrogens (tertiary/aromatic N) is 2. The fraction of sp³-hybridized carbons (Fsp3) is 0.188. The van der Waals surface area contributed by atoms with E-state index < -0.39 is 0 Å². The standard InChI is InChI=1S/C16H15N3OS2/c1-10(2)11-5-7-12(8-6-11)17-16(20)15-14(18-19-22-15)13-4-3-9-21-13/h3-10H,1-2H3,(H,17,20). The summed E-state index contributed by atoms with van der Waals surface area (Å²) in [6.45, 7) is 4.29. The third-order valence-corrected chi connectivity index (χ3v) is 4.89. The number of anilines is 1. The van der Waals surface area contributed by atoms with Gasteiger partial charge in [0.05, 0.1) is 4.88 Å². The molecule has 0 saturated carbocycles. The number of amides is 1. The van der Waals surface area contributed by atoms with Crippen molar-refractivity contribution in [1.82, 2.24) is 9.59 Å². The van der Waals surface area contributed by atoms with Crippen LogP contribution >= 0.6 is 22.9 Å². The van der Waals surface area contributed by atoms with Gasteiger partial charge < -0.3 is 5.32 Å². The summed E-state index contributed by atoms with van der Waals surface area (Å²) in [5, 5.41) is 8.95. The second kappa shape index (κ2) is 6.37. The van der Waals surface area contributed by atoms with Gasteiger partial charge >= 0.3 is 0 Å².